The van der Waals surface area contributed by atoms with Gasteiger partial charge in [-0.25, -0.2) is 0 Å². The Morgan fingerprint density at radius 2 is 1.71 bits per heavy atom. The molecule has 0 bridgehead atoms. The average Bonchev–Trinajstić information content (AvgIpc) is 2.80. The summed E-state index contributed by atoms with van der Waals surface area (Å²) < 4.78 is 5.31. The standard InChI is InChI=1S/C24H27N5O2/c1-28-13-15-29(16-14-28)23-12-11-21(26-27-23)18-7-9-20(10-8-18)25-24(30)17-19-5-3-4-6-22(19)31-2/h3-12H,13-17H2,1-2H3,(H,25,30). The molecule has 4 rings (SSSR count). The molecule has 0 spiro atoms. The molecule has 0 atom stereocenters. The van der Waals surface area contributed by atoms with Gasteiger partial charge in [-0.3, -0.25) is 4.79 Å². The van der Waals surface area contributed by atoms with E-state index < -0.39 is 0 Å². The highest BCUT2D eigenvalue weighted by molar-refractivity contribution is 5.92. The number of para-hydroxylation sites is 1. The van der Waals surface area contributed by atoms with Gasteiger partial charge in [0.1, 0.15) is 5.75 Å². The van der Waals surface area contributed by atoms with Crippen LogP contribution < -0.4 is 15.0 Å². The summed E-state index contributed by atoms with van der Waals surface area (Å²) in [5.74, 6) is 1.54. The number of nitrogens with one attached hydrogen (secondary N) is 1. The largest absolute Gasteiger partial charge is 0.496 e. The number of nitrogens with zero attached hydrogens (tertiary/aromatic N) is 4. The molecule has 1 amide bonds. The van der Waals surface area contributed by atoms with Crippen LogP contribution in [0.3, 0.4) is 0 Å². The second kappa shape index (κ2) is 9.57. The van der Waals surface area contributed by atoms with Crippen molar-refractivity contribution in [3.05, 3.63) is 66.2 Å². The molecule has 0 radical (unpaired) electrons. The van der Waals surface area contributed by atoms with Crippen molar-refractivity contribution in [2.45, 2.75) is 6.42 Å². The van der Waals surface area contributed by atoms with E-state index >= 15 is 0 Å². The van der Waals surface area contributed by atoms with E-state index in [0.717, 1.165) is 54.5 Å². The maximum Gasteiger partial charge on any atom is 0.228 e. The van der Waals surface area contributed by atoms with Crippen LogP contribution in [0.5, 0.6) is 5.75 Å². The number of ether oxygens (including phenoxy) is 1. The van der Waals surface area contributed by atoms with Crippen molar-refractivity contribution in [3.63, 3.8) is 0 Å². The van der Waals surface area contributed by atoms with Crippen molar-refractivity contribution >= 4 is 17.4 Å². The summed E-state index contributed by atoms with van der Waals surface area (Å²) in [6.45, 7) is 4.00. The fraction of sp³-hybridized carbons (Fsp3) is 0.292. The number of likely N-dealkylation sites (N-methyl/N-ethyl adjacent to an activating group) is 1. The lowest BCUT2D eigenvalue weighted by atomic mass is 10.1. The van der Waals surface area contributed by atoms with Crippen LogP contribution >= 0.6 is 0 Å². The lowest BCUT2D eigenvalue weighted by Gasteiger charge is -2.32. The molecule has 7 heteroatoms. The van der Waals surface area contributed by atoms with E-state index in [1.807, 2.05) is 60.7 Å². The van der Waals surface area contributed by atoms with E-state index in [4.69, 9.17) is 4.74 Å². The first-order valence-electron chi connectivity index (χ1n) is 10.4. The molecule has 1 saturated heterocycles. The number of benzene rings is 2. The second-order valence-corrected chi connectivity index (χ2v) is 7.68. The van der Waals surface area contributed by atoms with Gasteiger partial charge < -0.3 is 19.9 Å². The Kier molecular flexibility index (Phi) is 6.43. The number of carbonyl (C=O) groups is 1. The zero-order valence-electron chi connectivity index (χ0n) is 17.9. The van der Waals surface area contributed by atoms with E-state index in [2.05, 4.69) is 32.4 Å². The van der Waals surface area contributed by atoms with E-state index in [0.29, 0.717) is 5.75 Å². The molecule has 1 fully saturated rings. The van der Waals surface area contributed by atoms with Crippen molar-refractivity contribution in [2.75, 3.05) is 50.6 Å². The predicted octanol–water partition coefficient (Wildman–Crippen LogP) is 3.09. The SMILES string of the molecule is COc1ccccc1CC(=O)Nc1ccc(-c2ccc(N3CCN(C)CC3)nn2)cc1. The van der Waals surface area contributed by atoms with Crippen molar-refractivity contribution in [2.24, 2.45) is 0 Å². The lowest BCUT2D eigenvalue weighted by Crippen LogP contribution is -2.44. The normalized spacial score (nSPS) is 14.3. The first-order chi connectivity index (χ1) is 15.1. The number of hydrogen-bond donors (Lipinski definition) is 1. The van der Waals surface area contributed by atoms with Gasteiger partial charge in [0.2, 0.25) is 5.91 Å². The summed E-state index contributed by atoms with van der Waals surface area (Å²) in [5.41, 5.74) is 3.37. The Labute approximate surface area is 182 Å². The molecule has 3 aromatic rings. The van der Waals surface area contributed by atoms with Gasteiger partial charge in [-0.1, -0.05) is 30.3 Å². The van der Waals surface area contributed by atoms with Gasteiger partial charge in [0.15, 0.2) is 5.82 Å². The van der Waals surface area contributed by atoms with Gasteiger partial charge in [-0.05, 0) is 37.4 Å². The minimum absolute atomic E-state index is 0.0893. The summed E-state index contributed by atoms with van der Waals surface area (Å²) in [5, 5.41) is 11.8. The molecule has 2 aromatic carbocycles. The summed E-state index contributed by atoms with van der Waals surface area (Å²) in [6.07, 6.45) is 0.255. The van der Waals surface area contributed by atoms with Crippen molar-refractivity contribution in [3.8, 4) is 17.0 Å². The minimum atomic E-state index is -0.0893. The first-order valence-corrected chi connectivity index (χ1v) is 10.4. The summed E-state index contributed by atoms with van der Waals surface area (Å²) in [6, 6.07) is 19.2. The van der Waals surface area contributed by atoms with Crippen molar-refractivity contribution in [1.82, 2.24) is 15.1 Å². The van der Waals surface area contributed by atoms with Gasteiger partial charge in [0, 0.05) is 43.0 Å². The molecule has 1 N–H and O–H groups in total. The van der Waals surface area contributed by atoms with Gasteiger partial charge >= 0.3 is 0 Å². The Balaban J connectivity index is 1.37. The quantitative estimate of drug-likeness (QED) is 0.665. The zero-order chi connectivity index (χ0) is 21.6. The molecule has 31 heavy (non-hydrogen) atoms. The summed E-state index contributed by atoms with van der Waals surface area (Å²) in [7, 11) is 3.74. The number of carbonyl (C=O) groups excluding carboxylic acids is 1. The van der Waals surface area contributed by atoms with Crippen LogP contribution in [0.25, 0.3) is 11.3 Å². The molecule has 2 heterocycles. The fourth-order valence-corrected chi connectivity index (χ4v) is 3.63. The monoisotopic (exact) mass is 417 g/mol. The maximum atomic E-state index is 12.4. The summed E-state index contributed by atoms with van der Waals surface area (Å²) in [4.78, 5) is 17.0. The molecule has 1 aromatic heterocycles. The Hall–Kier alpha value is -3.45. The molecule has 1 aliphatic rings. The number of amides is 1. The van der Waals surface area contributed by atoms with E-state index in [9.17, 15) is 4.79 Å². The van der Waals surface area contributed by atoms with Crippen LogP contribution in [0.2, 0.25) is 0 Å². The predicted molar refractivity (Wildman–Crippen MR) is 123 cm³/mol. The smallest absolute Gasteiger partial charge is 0.228 e. The van der Waals surface area contributed by atoms with E-state index in [-0.39, 0.29) is 12.3 Å². The molecule has 0 saturated carbocycles. The summed E-state index contributed by atoms with van der Waals surface area (Å²) >= 11 is 0. The van der Waals surface area contributed by atoms with Gasteiger partial charge in [0.05, 0.1) is 19.2 Å². The van der Waals surface area contributed by atoms with Crippen LogP contribution in [0.15, 0.2) is 60.7 Å². The molecule has 7 nitrogen and oxygen atoms in total. The molecular formula is C24H27N5O2. The molecular weight excluding hydrogens is 390 g/mol. The Morgan fingerprint density at radius 3 is 2.39 bits per heavy atom. The third kappa shape index (κ3) is 5.19. The van der Waals surface area contributed by atoms with Crippen LogP contribution in [0.4, 0.5) is 11.5 Å². The third-order valence-corrected chi connectivity index (χ3v) is 5.49. The van der Waals surface area contributed by atoms with Crippen LogP contribution in [-0.2, 0) is 11.2 Å². The second-order valence-electron chi connectivity index (χ2n) is 7.68. The highest BCUT2D eigenvalue weighted by Gasteiger charge is 2.15. The Bertz CT molecular complexity index is 1010. The fourth-order valence-electron chi connectivity index (χ4n) is 3.63. The van der Waals surface area contributed by atoms with Gasteiger partial charge in [-0.2, -0.15) is 0 Å². The third-order valence-electron chi connectivity index (χ3n) is 5.49. The molecule has 0 aliphatic carbocycles. The number of rotatable bonds is 6. The topological polar surface area (TPSA) is 70.6 Å². The minimum Gasteiger partial charge on any atom is -0.496 e. The van der Waals surface area contributed by atoms with Gasteiger partial charge in [-0.15, -0.1) is 10.2 Å². The zero-order valence-corrected chi connectivity index (χ0v) is 17.9. The van der Waals surface area contributed by atoms with E-state index in [1.165, 1.54) is 0 Å². The lowest BCUT2D eigenvalue weighted by molar-refractivity contribution is -0.115. The molecule has 0 unspecified atom stereocenters. The number of piperazine rings is 1. The number of methoxy groups -OCH3 is 1. The highest BCUT2D eigenvalue weighted by Crippen LogP contribution is 2.22. The van der Waals surface area contributed by atoms with Gasteiger partial charge in [0.25, 0.3) is 0 Å². The van der Waals surface area contributed by atoms with Crippen LogP contribution in [0.1, 0.15) is 5.56 Å². The molecule has 160 valence electrons. The van der Waals surface area contributed by atoms with Crippen molar-refractivity contribution in [1.29, 1.82) is 0 Å². The number of aromatic nitrogens is 2. The van der Waals surface area contributed by atoms with E-state index in [1.54, 1.807) is 7.11 Å². The maximum absolute atomic E-state index is 12.4. The molecule has 1 aliphatic heterocycles. The average molecular weight is 418 g/mol. The van der Waals surface area contributed by atoms with Crippen LogP contribution in [0, 0.1) is 0 Å². The number of anilines is 2. The first kappa shape index (κ1) is 20.8. The van der Waals surface area contributed by atoms with Crippen LogP contribution in [-0.4, -0.2) is 61.3 Å². The van der Waals surface area contributed by atoms with Crippen molar-refractivity contribution < 1.29 is 9.53 Å². The number of hydrogen-bond acceptors (Lipinski definition) is 6. The highest BCUT2D eigenvalue weighted by atomic mass is 16.5. The Morgan fingerprint density at radius 1 is 0.968 bits per heavy atom.